The first-order valence-corrected chi connectivity index (χ1v) is 9.92. The molecule has 0 aliphatic heterocycles. The molecule has 0 spiro atoms. The topological polar surface area (TPSA) is 0 Å². The molecule has 2 atom stereocenters. The molecule has 0 bridgehead atoms. The van der Waals surface area contributed by atoms with Crippen LogP contribution in [-0.4, -0.2) is 0 Å². The fraction of sp³-hybridized carbons (Fsp3) is 0.684. The van der Waals surface area contributed by atoms with Crippen LogP contribution in [0.3, 0.4) is 0 Å². The number of hydrogen-bond acceptors (Lipinski definition) is 2. The molecule has 2 rings (SSSR count). The van der Waals surface area contributed by atoms with Crippen molar-refractivity contribution in [3.63, 3.8) is 0 Å². The van der Waals surface area contributed by atoms with Gasteiger partial charge in [0, 0.05) is 5.41 Å². The minimum absolute atomic E-state index is 0.0751. The fourth-order valence-electron chi connectivity index (χ4n) is 4.05. The molecule has 0 aromatic heterocycles. The van der Waals surface area contributed by atoms with Crippen molar-refractivity contribution in [2.75, 3.05) is 0 Å². The summed E-state index contributed by atoms with van der Waals surface area (Å²) >= 11 is 4.52. The van der Waals surface area contributed by atoms with Crippen molar-refractivity contribution in [2.24, 2.45) is 17.3 Å². The first-order chi connectivity index (χ1) is 9.61. The molecule has 2 unspecified atom stereocenters. The van der Waals surface area contributed by atoms with Gasteiger partial charge in [-0.2, -0.15) is 0 Å². The van der Waals surface area contributed by atoms with Gasteiger partial charge in [0.25, 0.3) is 0 Å². The van der Waals surface area contributed by atoms with Crippen LogP contribution in [0.5, 0.6) is 0 Å². The highest BCUT2D eigenvalue weighted by Crippen LogP contribution is 2.68. The van der Waals surface area contributed by atoms with Crippen molar-refractivity contribution in [2.45, 2.75) is 65.0 Å². The van der Waals surface area contributed by atoms with Crippen LogP contribution in [-0.2, 0) is 10.2 Å². The average Bonchev–Trinajstić information content (AvgIpc) is 3.02. The van der Waals surface area contributed by atoms with Gasteiger partial charge in [-0.05, 0) is 41.7 Å². The maximum Gasteiger partial charge on any atom is 0.0504 e. The molecule has 1 aromatic rings. The highest BCUT2D eigenvalue weighted by Gasteiger charge is 2.63. The second-order valence-corrected chi connectivity index (χ2v) is 9.70. The van der Waals surface area contributed by atoms with Gasteiger partial charge >= 0.3 is 0 Å². The van der Waals surface area contributed by atoms with Crippen LogP contribution < -0.4 is 0 Å². The summed E-state index contributed by atoms with van der Waals surface area (Å²) in [6.45, 7) is 16.4. The molecular weight excluding hydrogens is 292 g/mol. The molecule has 0 N–H and O–H groups in total. The third kappa shape index (κ3) is 2.57. The summed E-state index contributed by atoms with van der Waals surface area (Å²) in [5.74, 6) is 1.25. The van der Waals surface area contributed by atoms with Crippen LogP contribution in [0.25, 0.3) is 0 Å². The van der Waals surface area contributed by atoms with E-state index in [1.54, 1.807) is 10.8 Å². The lowest BCUT2D eigenvalue weighted by Gasteiger charge is -2.32. The molecule has 118 valence electrons. The Kier molecular flexibility index (Phi) is 4.55. The molecule has 2 heteroatoms. The highest BCUT2D eigenvalue weighted by molar-refractivity contribution is 8.69. The molecular formula is C19H30S2. The smallest absolute Gasteiger partial charge is 0.0504 e. The van der Waals surface area contributed by atoms with E-state index < -0.39 is 0 Å². The molecule has 1 aliphatic rings. The van der Waals surface area contributed by atoms with E-state index in [1.165, 1.54) is 17.5 Å². The molecule has 1 saturated carbocycles. The molecule has 0 radical (unpaired) electrons. The SMILES string of the molecule is CC(C)C(C)(SS)c1ccc(C2(C(C)C)CC2(C)C)cc1. The zero-order valence-corrected chi connectivity index (χ0v) is 16.2. The van der Waals surface area contributed by atoms with Gasteiger partial charge < -0.3 is 0 Å². The summed E-state index contributed by atoms with van der Waals surface area (Å²) in [4.78, 5) is 0. The van der Waals surface area contributed by atoms with Gasteiger partial charge in [-0.1, -0.05) is 76.6 Å². The molecule has 0 saturated heterocycles. The Bertz CT molecular complexity index is 501. The van der Waals surface area contributed by atoms with Crippen molar-refractivity contribution < 1.29 is 0 Å². The summed E-state index contributed by atoms with van der Waals surface area (Å²) in [7, 11) is 1.66. The second-order valence-electron chi connectivity index (χ2n) is 8.12. The Morgan fingerprint density at radius 2 is 1.57 bits per heavy atom. The number of rotatable bonds is 5. The Balaban J connectivity index is 2.37. The summed E-state index contributed by atoms with van der Waals surface area (Å²) in [5, 5.41) is 0. The first kappa shape index (κ1) is 17.3. The summed E-state index contributed by atoms with van der Waals surface area (Å²) in [6.07, 6.45) is 1.31. The van der Waals surface area contributed by atoms with Gasteiger partial charge in [-0.25, -0.2) is 0 Å². The van der Waals surface area contributed by atoms with Crippen LogP contribution in [0.2, 0.25) is 0 Å². The Morgan fingerprint density at radius 1 is 1.10 bits per heavy atom. The van der Waals surface area contributed by atoms with Crippen LogP contribution in [0.15, 0.2) is 24.3 Å². The first-order valence-electron chi connectivity index (χ1n) is 8.05. The van der Waals surface area contributed by atoms with E-state index in [-0.39, 0.29) is 4.75 Å². The third-order valence-corrected chi connectivity index (χ3v) is 8.28. The fourth-order valence-corrected chi connectivity index (χ4v) is 5.46. The third-order valence-electron chi connectivity index (χ3n) is 6.05. The van der Waals surface area contributed by atoms with Crippen molar-refractivity contribution in [1.29, 1.82) is 0 Å². The van der Waals surface area contributed by atoms with Crippen LogP contribution in [0.1, 0.15) is 66.0 Å². The molecule has 0 amide bonds. The monoisotopic (exact) mass is 322 g/mol. The molecule has 0 heterocycles. The lowest BCUT2D eigenvalue weighted by atomic mass is 9.78. The molecule has 0 nitrogen and oxygen atoms in total. The lowest BCUT2D eigenvalue weighted by molar-refractivity contribution is 0.383. The summed E-state index contributed by atoms with van der Waals surface area (Å²) < 4.78 is 0.0751. The van der Waals surface area contributed by atoms with E-state index in [4.69, 9.17) is 0 Å². The summed E-state index contributed by atoms with van der Waals surface area (Å²) in [5.41, 5.74) is 3.70. The van der Waals surface area contributed by atoms with E-state index >= 15 is 0 Å². The van der Waals surface area contributed by atoms with Gasteiger partial charge in [-0.15, -0.1) is 11.7 Å². The lowest BCUT2D eigenvalue weighted by Crippen LogP contribution is -2.24. The Labute approximate surface area is 140 Å². The number of thiol groups is 1. The maximum atomic E-state index is 4.52. The van der Waals surface area contributed by atoms with Crippen molar-refractivity contribution in [1.82, 2.24) is 0 Å². The zero-order valence-electron chi connectivity index (χ0n) is 14.5. The van der Waals surface area contributed by atoms with E-state index in [2.05, 4.69) is 84.4 Å². The maximum absolute atomic E-state index is 4.52. The quantitative estimate of drug-likeness (QED) is 0.479. The normalized spacial score (nSPS) is 27.0. The Hall–Kier alpha value is -0.0800. The standard InChI is InChI=1S/C19H30S2/c1-13(2)18(7,21-20)15-8-10-16(11-9-15)19(14(3)4)12-17(19,5)6/h8-11,13-14,20H,12H2,1-7H3. The van der Waals surface area contributed by atoms with Gasteiger partial charge in [0.05, 0.1) is 4.75 Å². The van der Waals surface area contributed by atoms with Crippen LogP contribution in [0, 0.1) is 17.3 Å². The number of benzene rings is 1. The average molecular weight is 323 g/mol. The van der Waals surface area contributed by atoms with E-state index in [9.17, 15) is 0 Å². The van der Waals surface area contributed by atoms with Crippen molar-refractivity contribution >= 4 is 22.5 Å². The molecule has 1 aromatic carbocycles. The Morgan fingerprint density at radius 3 is 1.86 bits per heavy atom. The molecule has 1 aliphatic carbocycles. The zero-order chi connectivity index (χ0) is 16.1. The van der Waals surface area contributed by atoms with E-state index in [0.29, 0.717) is 22.7 Å². The van der Waals surface area contributed by atoms with Crippen LogP contribution >= 0.6 is 22.5 Å². The predicted octanol–water partition coefficient (Wildman–Crippen LogP) is 6.46. The van der Waals surface area contributed by atoms with Gasteiger partial charge in [0.2, 0.25) is 0 Å². The largest absolute Gasteiger partial charge is 0.110 e. The van der Waals surface area contributed by atoms with Crippen LogP contribution in [0.4, 0.5) is 0 Å². The van der Waals surface area contributed by atoms with Gasteiger partial charge in [0.15, 0.2) is 0 Å². The molecule has 1 fully saturated rings. The minimum Gasteiger partial charge on any atom is -0.110 e. The van der Waals surface area contributed by atoms with Gasteiger partial charge in [-0.3, -0.25) is 0 Å². The highest BCUT2D eigenvalue weighted by atomic mass is 33.1. The number of hydrogen-bond donors (Lipinski definition) is 1. The minimum atomic E-state index is 0.0751. The summed E-state index contributed by atoms with van der Waals surface area (Å²) in [6, 6.07) is 9.40. The van der Waals surface area contributed by atoms with Crippen molar-refractivity contribution in [3.05, 3.63) is 35.4 Å². The molecule has 21 heavy (non-hydrogen) atoms. The van der Waals surface area contributed by atoms with Crippen molar-refractivity contribution in [3.8, 4) is 0 Å². The van der Waals surface area contributed by atoms with E-state index in [1.807, 2.05) is 0 Å². The van der Waals surface area contributed by atoms with Gasteiger partial charge in [0.1, 0.15) is 0 Å². The predicted molar refractivity (Wildman–Crippen MR) is 100 cm³/mol. The van der Waals surface area contributed by atoms with E-state index in [0.717, 1.165) is 0 Å². The second kappa shape index (κ2) is 5.53.